The molecule has 26 heavy (non-hydrogen) atoms. The lowest BCUT2D eigenvalue weighted by atomic mass is 10.2. The number of aryl methyl sites for hydroxylation is 1. The fourth-order valence-corrected chi connectivity index (χ4v) is 3.44. The summed E-state index contributed by atoms with van der Waals surface area (Å²) in [6.07, 6.45) is 1.64. The molecule has 1 aromatic carbocycles. The second-order valence-electron chi connectivity index (χ2n) is 5.32. The SMILES string of the molecule is COc1ccc(-c2nc(C(=O)Nc3ccnc(C)c3Br)cs2)cc1OC. The van der Waals surface area contributed by atoms with E-state index in [0.29, 0.717) is 22.9 Å². The molecule has 0 atom stereocenters. The van der Waals surface area contributed by atoms with E-state index in [-0.39, 0.29) is 5.91 Å². The minimum absolute atomic E-state index is 0.278. The van der Waals surface area contributed by atoms with Crippen LogP contribution in [-0.2, 0) is 0 Å². The van der Waals surface area contributed by atoms with Crippen molar-refractivity contribution in [2.24, 2.45) is 0 Å². The van der Waals surface area contributed by atoms with Crippen LogP contribution in [0.15, 0.2) is 40.3 Å². The van der Waals surface area contributed by atoms with Crippen LogP contribution in [0.4, 0.5) is 5.69 Å². The standard InChI is InChI=1S/C18H16BrN3O3S/c1-10-16(19)12(6-7-20-10)21-17(23)13-9-26-18(22-13)11-4-5-14(24-2)15(8-11)25-3/h4-9H,1-3H3,(H,20,21,23). The third-order valence-corrected chi connectivity index (χ3v) is 5.57. The molecular weight excluding hydrogens is 418 g/mol. The molecule has 134 valence electrons. The molecule has 0 aliphatic carbocycles. The molecule has 0 fully saturated rings. The highest BCUT2D eigenvalue weighted by Gasteiger charge is 2.15. The number of anilines is 1. The van der Waals surface area contributed by atoms with Crippen LogP contribution in [0.25, 0.3) is 10.6 Å². The summed E-state index contributed by atoms with van der Waals surface area (Å²) < 4.78 is 11.3. The second kappa shape index (κ2) is 7.84. The van der Waals surface area contributed by atoms with Gasteiger partial charge in [0.1, 0.15) is 10.7 Å². The molecule has 6 nitrogen and oxygen atoms in total. The number of carbonyl (C=O) groups is 1. The van der Waals surface area contributed by atoms with Crippen molar-refractivity contribution < 1.29 is 14.3 Å². The number of halogens is 1. The number of nitrogens with zero attached hydrogens (tertiary/aromatic N) is 2. The maximum atomic E-state index is 12.5. The zero-order valence-electron chi connectivity index (χ0n) is 14.4. The van der Waals surface area contributed by atoms with Crippen molar-refractivity contribution in [1.82, 2.24) is 9.97 Å². The largest absolute Gasteiger partial charge is 0.493 e. The number of amides is 1. The van der Waals surface area contributed by atoms with Crippen molar-refractivity contribution in [3.8, 4) is 22.1 Å². The van der Waals surface area contributed by atoms with E-state index >= 15 is 0 Å². The predicted molar refractivity (Wildman–Crippen MR) is 105 cm³/mol. The van der Waals surface area contributed by atoms with Crippen LogP contribution in [0, 0.1) is 6.92 Å². The van der Waals surface area contributed by atoms with E-state index in [2.05, 4.69) is 31.2 Å². The van der Waals surface area contributed by atoms with Crippen molar-refractivity contribution in [3.05, 3.63) is 51.7 Å². The molecule has 3 aromatic rings. The van der Waals surface area contributed by atoms with Crippen molar-refractivity contribution in [1.29, 1.82) is 0 Å². The minimum Gasteiger partial charge on any atom is -0.493 e. The maximum absolute atomic E-state index is 12.5. The van der Waals surface area contributed by atoms with E-state index in [4.69, 9.17) is 9.47 Å². The number of carbonyl (C=O) groups excluding carboxylic acids is 1. The molecule has 0 aliphatic heterocycles. The Morgan fingerprint density at radius 3 is 2.69 bits per heavy atom. The third-order valence-electron chi connectivity index (χ3n) is 3.68. The highest BCUT2D eigenvalue weighted by molar-refractivity contribution is 9.10. The van der Waals surface area contributed by atoms with Crippen molar-refractivity contribution >= 4 is 38.9 Å². The van der Waals surface area contributed by atoms with Crippen LogP contribution in [0.1, 0.15) is 16.2 Å². The summed E-state index contributed by atoms with van der Waals surface area (Å²) in [5.41, 5.74) is 2.66. The number of pyridine rings is 1. The summed E-state index contributed by atoms with van der Waals surface area (Å²) in [6, 6.07) is 7.26. The monoisotopic (exact) mass is 433 g/mol. The van der Waals surface area contributed by atoms with Gasteiger partial charge in [-0.15, -0.1) is 11.3 Å². The lowest BCUT2D eigenvalue weighted by Crippen LogP contribution is -2.13. The number of nitrogens with one attached hydrogen (secondary N) is 1. The number of hydrogen-bond acceptors (Lipinski definition) is 6. The van der Waals surface area contributed by atoms with E-state index < -0.39 is 0 Å². The lowest BCUT2D eigenvalue weighted by molar-refractivity contribution is 0.102. The lowest BCUT2D eigenvalue weighted by Gasteiger charge is -2.08. The first-order valence-corrected chi connectivity index (χ1v) is 9.31. The Labute approximate surface area is 163 Å². The van der Waals surface area contributed by atoms with Gasteiger partial charge in [-0.2, -0.15) is 0 Å². The van der Waals surface area contributed by atoms with E-state index in [1.807, 2.05) is 25.1 Å². The van der Waals surface area contributed by atoms with Crippen LogP contribution in [0.3, 0.4) is 0 Å². The highest BCUT2D eigenvalue weighted by Crippen LogP contribution is 2.33. The predicted octanol–water partition coefficient (Wildman–Crippen LogP) is 4.55. The Morgan fingerprint density at radius 1 is 1.19 bits per heavy atom. The number of ether oxygens (including phenoxy) is 2. The van der Waals surface area contributed by atoms with Gasteiger partial charge in [-0.05, 0) is 47.1 Å². The van der Waals surface area contributed by atoms with Crippen LogP contribution in [0.5, 0.6) is 11.5 Å². The summed E-state index contributed by atoms with van der Waals surface area (Å²) >= 11 is 4.82. The molecule has 0 saturated carbocycles. The normalized spacial score (nSPS) is 10.5. The molecule has 0 aliphatic rings. The van der Waals surface area contributed by atoms with Crippen LogP contribution in [0.2, 0.25) is 0 Å². The van der Waals surface area contributed by atoms with Crippen molar-refractivity contribution in [2.45, 2.75) is 6.92 Å². The Kier molecular flexibility index (Phi) is 5.53. The molecule has 0 unspecified atom stereocenters. The molecule has 1 N–H and O–H groups in total. The van der Waals surface area contributed by atoms with Crippen LogP contribution >= 0.6 is 27.3 Å². The number of hydrogen-bond donors (Lipinski definition) is 1. The number of rotatable bonds is 5. The van der Waals surface area contributed by atoms with Gasteiger partial charge in [-0.25, -0.2) is 4.98 Å². The number of benzene rings is 1. The van der Waals surface area contributed by atoms with Crippen molar-refractivity contribution in [3.63, 3.8) is 0 Å². The maximum Gasteiger partial charge on any atom is 0.275 e. The zero-order chi connectivity index (χ0) is 18.7. The molecule has 0 radical (unpaired) electrons. The Hall–Kier alpha value is -2.45. The first-order chi connectivity index (χ1) is 12.5. The molecular formula is C18H16BrN3O3S. The zero-order valence-corrected chi connectivity index (χ0v) is 16.8. The topological polar surface area (TPSA) is 73.3 Å². The Balaban J connectivity index is 1.83. The van der Waals surface area contributed by atoms with E-state index in [1.165, 1.54) is 11.3 Å². The Morgan fingerprint density at radius 2 is 1.96 bits per heavy atom. The van der Waals surface area contributed by atoms with Crippen molar-refractivity contribution in [2.75, 3.05) is 19.5 Å². The molecule has 1 amide bonds. The minimum atomic E-state index is -0.278. The first kappa shape index (κ1) is 18.3. The average Bonchev–Trinajstić information content (AvgIpc) is 3.15. The van der Waals surface area contributed by atoms with Crippen LogP contribution in [-0.4, -0.2) is 30.1 Å². The fraction of sp³-hybridized carbons (Fsp3) is 0.167. The Bertz CT molecular complexity index is 959. The quantitative estimate of drug-likeness (QED) is 0.638. The van der Waals surface area contributed by atoms with Gasteiger partial charge >= 0.3 is 0 Å². The second-order valence-corrected chi connectivity index (χ2v) is 6.97. The van der Waals surface area contributed by atoms with Gasteiger partial charge in [0.15, 0.2) is 11.5 Å². The first-order valence-electron chi connectivity index (χ1n) is 7.64. The van der Waals surface area contributed by atoms with Gasteiger partial charge in [0, 0.05) is 17.1 Å². The molecule has 0 spiro atoms. The summed E-state index contributed by atoms with van der Waals surface area (Å²) in [5, 5.41) is 5.30. The van der Waals surface area contributed by atoms with Gasteiger partial charge in [0.05, 0.1) is 30.1 Å². The fourth-order valence-electron chi connectivity index (χ4n) is 2.31. The highest BCUT2D eigenvalue weighted by atomic mass is 79.9. The summed E-state index contributed by atoms with van der Waals surface area (Å²) in [4.78, 5) is 21.1. The van der Waals surface area contributed by atoms with Crippen LogP contribution < -0.4 is 14.8 Å². The third kappa shape index (κ3) is 3.71. The number of thiazole rings is 1. The molecule has 8 heteroatoms. The molecule has 0 bridgehead atoms. The van der Waals surface area contributed by atoms with Gasteiger partial charge in [-0.1, -0.05) is 0 Å². The van der Waals surface area contributed by atoms with Gasteiger partial charge in [0.2, 0.25) is 0 Å². The smallest absolute Gasteiger partial charge is 0.275 e. The molecule has 2 aromatic heterocycles. The average molecular weight is 434 g/mol. The van der Waals surface area contributed by atoms with Gasteiger partial charge in [0.25, 0.3) is 5.91 Å². The number of methoxy groups -OCH3 is 2. The number of aromatic nitrogens is 2. The van der Waals surface area contributed by atoms with E-state index in [0.717, 1.165) is 20.7 Å². The summed E-state index contributed by atoms with van der Waals surface area (Å²) in [5.74, 6) is 0.977. The molecule has 3 rings (SSSR count). The molecule has 0 saturated heterocycles. The van der Waals surface area contributed by atoms with E-state index in [1.54, 1.807) is 31.9 Å². The van der Waals surface area contributed by atoms with E-state index in [9.17, 15) is 4.79 Å². The van der Waals surface area contributed by atoms with Gasteiger partial charge < -0.3 is 14.8 Å². The summed E-state index contributed by atoms with van der Waals surface area (Å²) in [6.45, 7) is 1.86. The van der Waals surface area contributed by atoms with Gasteiger partial charge in [-0.3, -0.25) is 9.78 Å². The molecule has 2 heterocycles. The summed E-state index contributed by atoms with van der Waals surface area (Å²) in [7, 11) is 3.17.